The monoisotopic (exact) mass is 468 g/mol. The van der Waals surface area contributed by atoms with Crippen LogP contribution in [0.2, 0.25) is 0 Å². The van der Waals surface area contributed by atoms with Crippen molar-refractivity contribution in [2.45, 2.75) is 44.8 Å². The fraction of sp³-hybridized carbons (Fsp3) is 0.524. The van der Waals surface area contributed by atoms with Gasteiger partial charge in [-0.3, -0.25) is 14.4 Å². The van der Waals surface area contributed by atoms with Crippen LogP contribution in [-0.2, 0) is 25.6 Å². The lowest BCUT2D eigenvalue weighted by atomic mass is 10.0. The number of aliphatic carboxylic acids is 1. The molecule has 0 spiro atoms. The SMILES string of the molecule is CSCCC(NC(=O)C(N)Cc1ccc(O)cc1)C(=O)NCC(=O)NC(C(=O)O)C(C)C. The van der Waals surface area contributed by atoms with Gasteiger partial charge in [0.05, 0.1) is 12.6 Å². The number of aromatic hydroxyl groups is 1. The summed E-state index contributed by atoms with van der Waals surface area (Å²) in [5, 5.41) is 25.9. The number of benzene rings is 1. The van der Waals surface area contributed by atoms with Crippen molar-refractivity contribution in [2.75, 3.05) is 18.6 Å². The zero-order valence-corrected chi connectivity index (χ0v) is 19.3. The summed E-state index contributed by atoms with van der Waals surface area (Å²) in [4.78, 5) is 48.3. The van der Waals surface area contributed by atoms with E-state index in [4.69, 9.17) is 10.8 Å². The van der Waals surface area contributed by atoms with Gasteiger partial charge < -0.3 is 31.9 Å². The van der Waals surface area contributed by atoms with Crippen molar-refractivity contribution in [3.8, 4) is 5.75 Å². The van der Waals surface area contributed by atoms with E-state index in [1.807, 2.05) is 6.26 Å². The molecule has 0 aliphatic heterocycles. The average Bonchev–Trinajstić information content (AvgIpc) is 2.74. The highest BCUT2D eigenvalue weighted by Crippen LogP contribution is 2.11. The minimum atomic E-state index is -1.16. The maximum absolute atomic E-state index is 12.6. The van der Waals surface area contributed by atoms with Gasteiger partial charge in [0.2, 0.25) is 17.7 Å². The van der Waals surface area contributed by atoms with E-state index in [2.05, 4.69) is 16.0 Å². The number of carbonyl (C=O) groups is 4. The quantitative estimate of drug-likeness (QED) is 0.232. The molecular weight excluding hydrogens is 436 g/mol. The van der Waals surface area contributed by atoms with Crippen molar-refractivity contribution in [2.24, 2.45) is 11.7 Å². The Morgan fingerprint density at radius 2 is 1.69 bits per heavy atom. The largest absolute Gasteiger partial charge is 0.508 e. The zero-order chi connectivity index (χ0) is 24.3. The molecular formula is C21H32N4O6S. The van der Waals surface area contributed by atoms with Crippen molar-refractivity contribution >= 4 is 35.5 Å². The van der Waals surface area contributed by atoms with E-state index in [1.54, 1.807) is 26.0 Å². The molecule has 178 valence electrons. The Morgan fingerprint density at radius 3 is 2.22 bits per heavy atom. The predicted octanol–water partition coefficient (Wildman–Crippen LogP) is -0.158. The first-order valence-electron chi connectivity index (χ1n) is 10.2. The molecule has 10 nitrogen and oxygen atoms in total. The first-order chi connectivity index (χ1) is 15.0. The molecule has 3 atom stereocenters. The van der Waals surface area contributed by atoms with Crippen LogP contribution in [-0.4, -0.2) is 70.6 Å². The van der Waals surface area contributed by atoms with Crippen LogP contribution in [0, 0.1) is 5.92 Å². The van der Waals surface area contributed by atoms with Crippen molar-refractivity contribution in [1.82, 2.24) is 16.0 Å². The first-order valence-corrected chi connectivity index (χ1v) is 11.6. The number of carboxylic acids is 1. The first kappa shape index (κ1) is 27.2. The number of nitrogens with one attached hydrogen (secondary N) is 3. The van der Waals surface area contributed by atoms with Gasteiger partial charge >= 0.3 is 5.97 Å². The number of thioether (sulfide) groups is 1. The summed E-state index contributed by atoms with van der Waals surface area (Å²) in [6, 6.07) is 3.43. The second kappa shape index (κ2) is 13.6. The highest BCUT2D eigenvalue weighted by molar-refractivity contribution is 7.98. The van der Waals surface area contributed by atoms with Gasteiger partial charge in [0, 0.05) is 0 Å². The molecule has 1 rings (SSSR count). The van der Waals surface area contributed by atoms with Crippen LogP contribution in [0.5, 0.6) is 5.75 Å². The average molecular weight is 469 g/mol. The van der Waals surface area contributed by atoms with Crippen LogP contribution in [0.1, 0.15) is 25.8 Å². The zero-order valence-electron chi connectivity index (χ0n) is 18.5. The molecule has 0 saturated carbocycles. The molecule has 0 saturated heterocycles. The molecule has 1 aromatic carbocycles. The van der Waals surface area contributed by atoms with E-state index in [0.717, 1.165) is 5.56 Å². The van der Waals surface area contributed by atoms with Crippen molar-refractivity contribution in [1.29, 1.82) is 0 Å². The molecule has 32 heavy (non-hydrogen) atoms. The van der Waals surface area contributed by atoms with Gasteiger partial charge in [-0.25, -0.2) is 4.79 Å². The van der Waals surface area contributed by atoms with Gasteiger partial charge in [-0.1, -0.05) is 26.0 Å². The Hall–Kier alpha value is -2.79. The predicted molar refractivity (Wildman–Crippen MR) is 122 cm³/mol. The summed E-state index contributed by atoms with van der Waals surface area (Å²) in [6.07, 6.45) is 2.41. The van der Waals surface area contributed by atoms with Gasteiger partial charge in [0.1, 0.15) is 17.8 Å². The molecule has 7 N–H and O–H groups in total. The molecule has 0 fully saturated rings. The highest BCUT2D eigenvalue weighted by atomic mass is 32.2. The third kappa shape index (κ3) is 9.56. The summed E-state index contributed by atoms with van der Waals surface area (Å²) in [5.74, 6) is -2.51. The van der Waals surface area contributed by atoms with Crippen molar-refractivity contribution in [3.05, 3.63) is 29.8 Å². The smallest absolute Gasteiger partial charge is 0.326 e. The molecule has 3 amide bonds. The highest BCUT2D eigenvalue weighted by Gasteiger charge is 2.26. The van der Waals surface area contributed by atoms with Crippen LogP contribution in [0.3, 0.4) is 0 Å². The minimum absolute atomic E-state index is 0.104. The van der Waals surface area contributed by atoms with E-state index in [-0.39, 0.29) is 18.1 Å². The molecule has 0 aliphatic rings. The van der Waals surface area contributed by atoms with Crippen molar-refractivity contribution in [3.63, 3.8) is 0 Å². The van der Waals surface area contributed by atoms with Crippen LogP contribution < -0.4 is 21.7 Å². The lowest BCUT2D eigenvalue weighted by Gasteiger charge is -2.21. The molecule has 0 aromatic heterocycles. The number of phenolic OH excluding ortho intramolecular Hbond substituents is 1. The van der Waals surface area contributed by atoms with Gasteiger partial charge in [-0.2, -0.15) is 11.8 Å². The van der Waals surface area contributed by atoms with E-state index < -0.39 is 48.4 Å². The summed E-state index contributed by atoms with van der Waals surface area (Å²) in [7, 11) is 0. The van der Waals surface area contributed by atoms with Crippen LogP contribution >= 0.6 is 11.8 Å². The summed E-state index contributed by atoms with van der Waals surface area (Å²) < 4.78 is 0. The maximum Gasteiger partial charge on any atom is 0.326 e. The van der Waals surface area contributed by atoms with Crippen LogP contribution in [0.25, 0.3) is 0 Å². The normalized spacial score (nSPS) is 13.7. The van der Waals surface area contributed by atoms with E-state index in [9.17, 15) is 24.3 Å². The number of carbonyl (C=O) groups excluding carboxylic acids is 3. The maximum atomic E-state index is 12.6. The third-order valence-electron chi connectivity index (χ3n) is 4.64. The molecule has 0 radical (unpaired) electrons. The Balaban J connectivity index is 2.66. The summed E-state index contributed by atoms with van der Waals surface area (Å²) >= 11 is 1.50. The number of nitrogens with two attached hydrogens (primary N) is 1. The summed E-state index contributed by atoms with van der Waals surface area (Å²) in [5.41, 5.74) is 6.72. The van der Waals surface area contributed by atoms with E-state index in [0.29, 0.717) is 12.2 Å². The fourth-order valence-corrected chi connectivity index (χ4v) is 3.26. The minimum Gasteiger partial charge on any atom is -0.508 e. The number of hydrogen-bond acceptors (Lipinski definition) is 7. The molecule has 3 unspecified atom stereocenters. The van der Waals surface area contributed by atoms with Gasteiger partial charge in [-0.15, -0.1) is 0 Å². The summed E-state index contributed by atoms with van der Waals surface area (Å²) in [6.45, 7) is 2.90. The standard InChI is InChI=1S/C21H32N4O6S/c1-12(2)18(21(30)31)25-17(27)11-23-20(29)16(8-9-32-3)24-19(28)15(22)10-13-4-6-14(26)7-5-13/h4-7,12,15-16,18,26H,8-11,22H2,1-3H3,(H,23,29)(H,24,28)(H,25,27)(H,30,31). The fourth-order valence-electron chi connectivity index (χ4n) is 2.79. The number of carboxylic acid groups (broad SMARTS) is 1. The van der Waals surface area contributed by atoms with E-state index >= 15 is 0 Å². The Labute approximate surface area is 191 Å². The van der Waals surface area contributed by atoms with Crippen molar-refractivity contribution < 1.29 is 29.4 Å². The molecule has 1 aromatic rings. The van der Waals surface area contributed by atoms with Gasteiger partial charge in [0.25, 0.3) is 0 Å². The number of amides is 3. The lowest BCUT2D eigenvalue weighted by molar-refractivity contribution is -0.143. The number of rotatable bonds is 13. The van der Waals surface area contributed by atoms with Gasteiger partial charge in [0.15, 0.2) is 0 Å². The number of phenols is 1. The lowest BCUT2D eigenvalue weighted by Crippen LogP contribution is -2.54. The second-order valence-electron chi connectivity index (χ2n) is 7.66. The van der Waals surface area contributed by atoms with Gasteiger partial charge in [-0.05, 0) is 48.5 Å². The Kier molecular flexibility index (Phi) is 11.6. The molecule has 11 heteroatoms. The van der Waals surface area contributed by atoms with E-state index in [1.165, 1.54) is 23.9 Å². The molecule has 0 heterocycles. The molecule has 0 bridgehead atoms. The number of hydrogen-bond donors (Lipinski definition) is 6. The molecule has 0 aliphatic carbocycles. The Morgan fingerprint density at radius 1 is 1.06 bits per heavy atom. The van der Waals surface area contributed by atoms with Crippen LogP contribution in [0.15, 0.2) is 24.3 Å². The second-order valence-corrected chi connectivity index (χ2v) is 8.65. The Bertz CT molecular complexity index is 787. The van der Waals surface area contributed by atoms with Crippen LogP contribution in [0.4, 0.5) is 0 Å². The topological polar surface area (TPSA) is 171 Å². The third-order valence-corrected chi connectivity index (χ3v) is 5.29.